The van der Waals surface area contributed by atoms with Crippen LogP contribution in [0.2, 0.25) is 0 Å². The average Bonchev–Trinajstić information content (AvgIpc) is 2.45. The molecular formula is C20H30O. The summed E-state index contributed by atoms with van der Waals surface area (Å²) in [7, 11) is 0. The van der Waals surface area contributed by atoms with Gasteiger partial charge in [0.1, 0.15) is 6.29 Å². The van der Waals surface area contributed by atoms with Crippen LogP contribution in [0.5, 0.6) is 0 Å². The summed E-state index contributed by atoms with van der Waals surface area (Å²) in [5.74, 6) is 1.02. The van der Waals surface area contributed by atoms with Gasteiger partial charge in [0.15, 0.2) is 0 Å². The summed E-state index contributed by atoms with van der Waals surface area (Å²) in [6.45, 7) is 16.8. The molecule has 0 heterocycles. The highest BCUT2D eigenvalue weighted by Gasteiger charge is 2.54. The molecule has 0 aliphatic heterocycles. The largest absolute Gasteiger partial charge is 0.303 e. The molecule has 116 valence electrons. The van der Waals surface area contributed by atoms with Crippen LogP contribution >= 0.6 is 0 Å². The van der Waals surface area contributed by atoms with E-state index in [9.17, 15) is 4.79 Å². The van der Waals surface area contributed by atoms with Crippen LogP contribution in [0.25, 0.3) is 0 Å². The van der Waals surface area contributed by atoms with Gasteiger partial charge in [0.2, 0.25) is 0 Å². The van der Waals surface area contributed by atoms with Crippen LogP contribution in [-0.4, -0.2) is 6.29 Å². The molecule has 2 rings (SSSR count). The van der Waals surface area contributed by atoms with E-state index in [2.05, 4.69) is 33.6 Å². The predicted octanol–water partition coefficient (Wildman–Crippen LogP) is 5.49. The lowest BCUT2D eigenvalue weighted by Crippen LogP contribution is -2.51. The summed E-state index contributed by atoms with van der Waals surface area (Å²) in [5, 5.41) is 0. The number of carbonyl (C=O) groups excluding carboxylic acids is 1. The van der Waals surface area contributed by atoms with Gasteiger partial charge in [0.05, 0.1) is 0 Å². The van der Waals surface area contributed by atoms with Crippen molar-refractivity contribution in [3.05, 3.63) is 37.0 Å². The Balaban J connectivity index is 2.26. The van der Waals surface area contributed by atoms with Crippen LogP contribution < -0.4 is 0 Å². The molecule has 2 fully saturated rings. The molecule has 1 heteroatoms. The Bertz CT molecular complexity index is 460. The molecule has 4 atom stereocenters. The molecule has 0 aromatic rings. The van der Waals surface area contributed by atoms with E-state index in [0.717, 1.165) is 44.1 Å². The van der Waals surface area contributed by atoms with Crippen molar-refractivity contribution < 1.29 is 4.79 Å². The Morgan fingerprint density at radius 1 is 1.38 bits per heavy atom. The second kappa shape index (κ2) is 5.94. The fraction of sp³-hybridized carbons (Fsp3) is 0.650. The smallest absolute Gasteiger partial charge is 0.126 e. The Kier molecular flexibility index (Phi) is 4.60. The van der Waals surface area contributed by atoms with E-state index in [1.54, 1.807) is 0 Å². The van der Waals surface area contributed by atoms with Gasteiger partial charge < -0.3 is 4.79 Å². The number of aldehydes is 1. The zero-order chi connectivity index (χ0) is 15.7. The Morgan fingerprint density at radius 3 is 2.71 bits per heavy atom. The number of allylic oxidation sites excluding steroid dienone is 3. The molecule has 0 aromatic carbocycles. The normalized spacial score (nSPS) is 39.4. The second-order valence-corrected chi connectivity index (χ2v) is 7.69. The summed E-state index contributed by atoms with van der Waals surface area (Å²) in [6, 6.07) is 0. The number of carbonyl (C=O) groups is 1. The summed E-state index contributed by atoms with van der Waals surface area (Å²) >= 11 is 0. The van der Waals surface area contributed by atoms with E-state index >= 15 is 0 Å². The van der Waals surface area contributed by atoms with Gasteiger partial charge in [-0.3, -0.25) is 0 Å². The Morgan fingerprint density at radius 2 is 2.10 bits per heavy atom. The minimum absolute atomic E-state index is 0.138. The fourth-order valence-electron chi connectivity index (χ4n) is 5.11. The molecule has 4 unspecified atom stereocenters. The van der Waals surface area contributed by atoms with E-state index in [4.69, 9.17) is 0 Å². The maximum Gasteiger partial charge on any atom is 0.126 e. The first-order valence-electron chi connectivity index (χ1n) is 8.31. The summed E-state index contributed by atoms with van der Waals surface area (Å²) in [5.41, 5.74) is 2.59. The van der Waals surface area contributed by atoms with E-state index in [1.165, 1.54) is 18.3 Å². The van der Waals surface area contributed by atoms with E-state index < -0.39 is 0 Å². The molecule has 0 radical (unpaired) electrons. The second-order valence-electron chi connectivity index (χ2n) is 7.69. The first-order valence-corrected chi connectivity index (χ1v) is 8.31. The van der Waals surface area contributed by atoms with Gasteiger partial charge in [-0.05, 0) is 55.8 Å². The van der Waals surface area contributed by atoms with Crippen LogP contribution in [0.4, 0.5) is 0 Å². The molecule has 2 aliphatic carbocycles. The van der Waals surface area contributed by atoms with Gasteiger partial charge in [-0.2, -0.15) is 0 Å². The van der Waals surface area contributed by atoms with Gasteiger partial charge in [0, 0.05) is 5.41 Å². The zero-order valence-corrected chi connectivity index (χ0v) is 13.8. The van der Waals surface area contributed by atoms with Crippen molar-refractivity contribution in [1.29, 1.82) is 0 Å². The number of fused-ring (bicyclic) bond motifs is 1. The monoisotopic (exact) mass is 286 g/mol. The number of hydrogen-bond acceptors (Lipinski definition) is 1. The molecule has 0 saturated heterocycles. The third-order valence-corrected chi connectivity index (χ3v) is 6.38. The van der Waals surface area contributed by atoms with Crippen molar-refractivity contribution in [3.8, 4) is 0 Å². The lowest BCUT2D eigenvalue weighted by atomic mass is 9.47. The third-order valence-electron chi connectivity index (χ3n) is 6.38. The Hall–Kier alpha value is -1.11. The maximum atomic E-state index is 11.7. The summed E-state index contributed by atoms with van der Waals surface area (Å²) in [4.78, 5) is 11.7. The lowest BCUT2D eigenvalue weighted by Gasteiger charge is -2.57. The van der Waals surface area contributed by atoms with Gasteiger partial charge in [-0.25, -0.2) is 0 Å². The average molecular weight is 286 g/mol. The minimum atomic E-state index is -0.138. The topological polar surface area (TPSA) is 17.1 Å². The molecular weight excluding hydrogens is 256 g/mol. The highest BCUT2D eigenvalue weighted by molar-refractivity contribution is 5.60. The highest BCUT2D eigenvalue weighted by Crippen LogP contribution is 2.61. The standard InChI is InChI=1S/C20H30O/c1-6-15(2)8-10-17-16(3)9-11-18-19(4,14-21)12-7-13-20(17,18)5/h6,14,17-18H,1-3,7-13H2,4-5H3. The van der Waals surface area contributed by atoms with Gasteiger partial charge in [0.25, 0.3) is 0 Å². The SMILES string of the molecule is C=CC(=C)CCC1C(=C)CCC2C(C)(C=O)CCCC12C. The summed E-state index contributed by atoms with van der Waals surface area (Å²) in [6.07, 6.45) is 10.8. The molecule has 1 nitrogen and oxygen atoms in total. The van der Waals surface area contributed by atoms with Gasteiger partial charge in [-0.1, -0.05) is 57.2 Å². The molecule has 21 heavy (non-hydrogen) atoms. The molecule has 2 saturated carbocycles. The molecule has 0 bridgehead atoms. The predicted molar refractivity (Wildman–Crippen MR) is 90.1 cm³/mol. The van der Waals surface area contributed by atoms with Crippen LogP contribution in [0.3, 0.4) is 0 Å². The van der Waals surface area contributed by atoms with Gasteiger partial charge in [-0.15, -0.1) is 0 Å². The lowest BCUT2D eigenvalue weighted by molar-refractivity contribution is -0.130. The highest BCUT2D eigenvalue weighted by atomic mass is 16.1. The fourth-order valence-corrected chi connectivity index (χ4v) is 5.11. The van der Waals surface area contributed by atoms with E-state index in [-0.39, 0.29) is 10.8 Å². The first kappa shape index (κ1) is 16.3. The van der Waals surface area contributed by atoms with Crippen LogP contribution in [0.1, 0.15) is 58.8 Å². The molecule has 0 amide bonds. The molecule has 0 N–H and O–H groups in total. The number of hydrogen-bond donors (Lipinski definition) is 0. The molecule has 0 aromatic heterocycles. The van der Waals surface area contributed by atoms with Crippen molar-refractivity contribution in [2.75, 3.05) is 0 Å². The number of rotatable bonds is 5. The van der Waals surface area contributed by atoms with E-state index in [1.807, 2.05) is 6.08 Å². The van der Waals surface area contributed by atoms with Crippen molar-refractivity contribution in [2.24, 2.45) is 22.7 Å². The Labute approximate surface area is 130 Å². The van der Waals surface area contributed by atoms with Gasteiger partial charge >= 0.3 is 0 Å². The summed E-state index contributed by atoms with van der Waals surface area (Å²) < 4.78 is 0. The first-order chi connectivity index (χ1) is 9.87. The van der Waals surface area contributed by atoms with E-state index in [0.29, 0.717) is 11.8 Å². The zero-order valence-electron chi connectivity index (χ0n) is 13.8. The van der Waals surface area contributed by atoms with Crippen molar-refractivity contribution in [3.63, 3.8) is 0 Å². The van der Waals surface area contributed by atoms with Crippen molar-refractivity contribution in [1.82, 2.24) is 0 Å². The third kappa shape index (κ3) is 2.80. The maximum absolute atomic E-state index is 11.7. The van der Waals surface area contributed by atoms with Crippen LogP contribution in [-0.2, 0) is 4.79 Å². The minimum Gasteiger partial charge on any atom is -0.303 e. The van der Waals surface area contributed by atoms with Crippen LogP contribution in [0.15, 0.2) is 37.0 Å². The molecule has 2 aliphatic rings. The van der Waals surface area contributed by atoms with Crippen LogP contribution in [0, 0.1) is 22.7 Å². The molecule has 0 spiro atoms. The van der Waals surface area contributed by atoms with Crippen molar-refractivity contribution in [2.45, 2.75) is 58.8 Å². The van der Waals surface area contributed by atoms with Crippen molar-refractivity contribution >= 4 is 6.29 Å². The quantitative estimate of drug-likeness (QED) is 0.371.